The fraction of sp³-hybridized carbons (Fsp3) is 0.462. The van der Waals surface area contributed by atoms with Crippen LogP contribution in [0.2, 0.25) is 0 Å². The van der Waals surface area contributed by atoms with E-state index in [-0.39, 0.29) is 23.5 Å². The lowest BCUT2D eigenvalue weighted by atomic mass is 9.98. The minimum atomic E-state index is -2.86. The number of hydrogen-bond donors (Lipinski definition) is 0. The van der Waals surface area contributed by atoms with E-state index in [4.69, 9.17) is 0 Å². The van der Waals surface area contributed by atoms with Gasteiger partial charge in [-0.15, -0.1) is 0 Å². The Morgan fingerprint density at radius 2 is 1.82 bits per heavy atom. The number of hydrogen-bond acceptors (Lipinski definition) is 2. The van der Waals surface area contributed by atoms with Gasteiger partial charge in [0.15, 0.2) is 0 Å². The number of ether oxygens (including phenoxy) is 1. The van der Waals surface area contributed by atoms with Crippen LogP contribution in [0.15, 0.2) is 24.3 Å². The zero-order valence-electron chi connectivity index (χ0n) is 10.2. The molecule has 0 saturated carbocycles. The van der Waals surface area contributed by atoms with Crippen molar-refractivity contribution in [1.29, 1.82) is 0 Å². The average Bonchev–Trinajstić information content (AvgIpc) is 2.26. The molecule has 0 unspecified atom stereocenters. The fourth-order valence-electron chi connectivity index (χ4n) is 1.60. The summed E-state index contributed by atoms with van der Waals surface area (Å²) >= 11 is 0. The second kappa shape index (κ2) is 5.25. The summed E-state index contributed by atoms with van der Waals surface area (Å²) in [5.74, 6) is -3.47. The smallest absolute Gasteiger partial charge is 0.337 e. The molecule has 1 aromatic carbocycles. The molecule has 0 aromatic heterocycles. The molecule has 0 spiro atoms. The third-order valence-corrected chi connectivity index (χ3v) is 2.39. The third-order valence-electron chi connectivity index (χ3n) is 2.39. The highest BCUT2D eigenvalue weighted by molar-refractivity contribution is 5.89. The molecule has 0 atom stereocenters. The SMILES string of the molecule is COC(=O)c1ccc(C(F)(F)CC(C)C)cc1. The Morgan fingerprint density at radius 3 is 2.24 bits per heavy atom. The first-order valence-corrected chi connectivity index (χ1v) is 5.43. The van der Waals surface area contributed by atoms with Gasteiger partial charge in [0.1, 0.15) is 0 Å². The normalized spacial score (nSPS) is 11.6. The molecule has 0 fully saturated rings. The van der Waals surface area contributed by atoms with E-state index in [0.717, 1.165) is 0 Å². The van der Waals surface area contributed by atoms with Gasteiger partial charge in [-0.1, -0.05) is 26.0 Å². The quantitative estimate of drug-likeness (QED) is 0.754. The van der Waals surface area contributed by atoms with Crippen molar-refractivity contribution in [1.82, 2.24) is 0 Å². The van der Waals surface area contributed by atoms with Gasteiger partial charge in [-0.05, 0) is 18.1 Å². The Labute approximate surface area is 99.6 Å². The number of carbonyl (C=O) groups excluding carboxylic acids is 1. The van der Waals surface area contributed by atoms with Crippen molar-refractivity contribution in [2.75, 3.05) is 7.11 Å². The van der Waals surface area contributed by atoms with E-state index in [1.807, 2.05) is 0 Å². The maximum absolute atomic E-state index is 13.7. The topological polar surface area (TPSA) is 26.3 Å². The molecule has 0 aliphatic rings. The molecule has 1 rings (SSSR count). The Balaban J connectivity index is 2.90. The summed E-state index contributed by atoms with van der Waals surface area (Å²) < 4.78 is 31.9. The highest BCUT2D eigenvalue weighted by Crippen LogP contribution is 2.34. The molecule has 0 saturated heterocycles. The summed E-state index contributed by atoms with van der Waals surface area (Å²) in [5.41, 5.74) is 0.204. The summed E-state index contributed by atoms with van der Waals surface area (Å²) in [5, 5.41) is 0. The fourth-order valence-corrected chi connectivity index (χ4v) is 1.60. The number of esters is 1. The minimum Gasteiger partial charge on any atom is -0.465 e. The predicted molar refractivity (Wildman–Crippen MR) is 61.1 cm³/mol. The van der Waals surface area contributed by atoms with E-state index in [1.165, 1.54) is 31.4 Å². The van der Waals surface area contributed by atoms with Crippen LogP contribution in [0.4, 0.5) is 8.78 Å². The molecule has 2 nitrogen and oxygen atoms in total. The summed E-state index contributed by atoms with van der Waals surface area (Å²) in [4.78, 5) is 11.1. The molecule has 0 N–H and O–H groups in total. The maximum atomic E-state index is 13.7. The van der Waals surface area contributed by atoms with Gasteiger partial charge in [0, 0.05) is 12.0 Å². The van der Waals surface area contributed by atoms with E-state index in [0.29, 0.717) is 0 Å². The first kappa shape index (κ1) is 13.6. The molecule has 17 heavy (non-hydrogen) atoms. The van der Waals surface area contributed by atoms with E-state index < -0.39 is 11.9 Å². The van der Waals surface area contributed by atoms with E-state index >= 15 is 0 Å². The van der Waals surface area contributed by atoms with Crippen LogP contribution in [0, 0.1) is 5.92 Å². The van der Waals surface area contributed by atoms with Crippen molar-refractivity contribution in [2.45, 2.75) is 26.2 Å². The van der Waals surface area contributed by atoms with Gasteiger partial charge in [-0.25, -0.2) is 13.6 Å². The highest BCUT2D eigenvalue weighted by Gasteiger charge is 2.32. The minimum absolute atomic E-state index is 0.0705. The van der Waals surface area contributed by atoms with Crippen molar-refractivity contribution in [3.05, 3.63) is 35.4 Å². The summed E-state index contributed by atoms with van der Waals surface area (Å²) in [6, 6.07) is 5.26. The Morgan fingerprint density at radius 1 is 1.29 bits per heavy atom. The number of benzene rings is 1. The number of rotatable bonds is 4. The van der Waals surface area contributed by atoms with Crippen LogP contribution >= 0.6 is 0 Å². The van der Waals surface area contributed by atoms with Gasteiger partial charge in [0.25, 0.3) is 5.92 Å². The molecule has 94 valence electrons. The van der Waals surface area contributed by atoms with Gasteiger partial charge in [0.2, 0.25) is 0 Å². The first-order chi connectivity index (χ1) is 7.86. The lowest BCUT2D eigenvalue weighted by Crippen LogP contribution is -2.16. The van der Waals surface area contributed by atoms with Crippen LogP contribution in [0.1, 0.15) is 36.2 Å². The molecule has 4 heteroatoms. The van der Waals surface area contributed by atoms with Crippen molar-refractivity contribution in [3.8, 4) is 0 Å². The molecule has 0 bridgehead atoms. The molecular formula is C13H16F2O2. The van der Waals surface area contributed by atoms with E-state index in [9.17, 15) is 13.6 Å². The molecule has 0 aliphatic heterocycles. The summed E-state index contributed by atoms with van der Waals surface area (Å²) in [6.07, 6.45) is -0.204. The van der Waals surface area contributed by atoms with Gasteiger partial charge in [-0.3, -0.25) is 0 Å². The predicted octanol–water partition coefficient (Wildman–Crippen LogP) is 3.61. The number of methoxy groups -OCH3 is 1. The van der Waals surface area contributed by atoms with Crippen LogP contribution in [0.5, 0.6) is 0 Å². The number of carbonyl (C=O) groups is 1. The second-order valence-corrected chi connectivity index (χ2v) is 4.37. The Hall–Kier alpha value is -1.45. The summed E-state index contributed by atoms with van der Waals surface area (Å²) in [6.45, 7) is 3.49. The van der Waals surface area contributed by atoms with Crippen molar-refractivity contribution in [3.63, 3.8) is 0 Å². The van der Waals surface area contributed by atoms with Crippen molar-refractivity contribution in [2.24, 2.45) is 5.92 Å². The van der Waals surface area contributed by atoms with Crippen LogP contribution in [-0.2, 0) is 10.7 Å². The molecular weight excluding hydrogens is 226 g/mol. The van der Waals surface area contributed by atoms with Gasteiger partial charge >= 0.3 is 5.97 Å². The first-order valence-electron chi connectivity index (χ1n) is 5.43. The van der Waals surface area contributed by atoms with Gasteiger partial charge in [-0.2, -0.15) is 0 Å². The van der Waals surface area contributed by atoms with Crippen molar-refractivity contribution < 1.29 is 18.3 Å². The lowest BCUT2D eigenvalue weighted by Gasteiger charge is -2.18. The zero-order chi connectivity index (χ0) is 13.1. The average molecular weight is 242 g/mol. The van der Waals surface area contributed by atoms with Crippen LogP contribution in [0.3, 0.4) is 0 Å². The van der Waals surface area contributed by atoms with Crippen LogP contribution < -0.4 is 0 Å². The lowest BCUT2D eigenvalue weighted by molar-refractivity contribution is -0.0249. The van der Waals surface area contributed by atoms with Crippen LogP contribution in [0.25, 0.3) is 0 Å². The molecule has 0 amide bonds. The third kappa shape index (κ3) is 3.51. The van der Waals surface area contributed by atoms with Crippen LogP contribution in [-0.4, -0.2) is 13.1 Å². The van der Waals surface area contributed by atoms with E-state index in [2.05, 4.69) is 4.74 Å². The largest absolute Gasteiger partial charge is 0.465 e. The monoisotopic (exact) mass is 242 g/mol. The Bertz CT molecular complexity index is 383. The molecule has 0 aliphatic carbocycles. The van der Waals surface area contributed by atoms with Gasteiger partial charge < -0.3 is 4.74 Å². The van der Waals surface area contributed by atoms with E-state index in [1.54, 1.807) is 13.8 Å². The number of halogens is 2. The number of alkyl halides is 2. The van der Waals surface area contributed by atoms with Gasteiger partial charge in [0.05, 0.1) is 12.7 Å². The molecule has 1 aromatic rings. The Kier molecular flexibility index (Phi) is 4.21. The molecule has 0 radical (unpaired) electrons. The highest BCUT2D eigenvalue weighted by atomic mass is 19.3. The summed E-state index contributed by atoms with van der Waals surface area (Å²) in [7, 11) is 1.25. The second-order valence-electron chi connectivity index (χ2n) is 4.37. The standard InChI is InChI=1S/C13H16F2O2/c1-9(2)8-13(14,15)11-6-4-10(5-7-11)12(16)17-3/h4-7,9H,8H2,1-3H3. The molecule has 0 heterocycles. The zero-order valence-corrected chi connectivity index (χ0v) is 10.2. The van der Waals surface area contributed by atoms with Crippen molar-refractivity contribution >= 4 is 5.97 Å². The maximum Gasteiger partial charge on any atom is 0.337 e.